The summed E-state index contributed by atoms with van der Waals surface area (Å²) in [5.41, 5.74) is 1.03. The molecule has 1 aliphatic heterocycles. The number of ether oxygens (including phenoxy) is 3. The van der Waals surface area contributed by atoms with Crippen molar-refractivity contribution in [1.82, 2.24) is 5.32 Å². The summed E-state index contributed by atoms with van der Waals surface area (Å²) in [5, 5.41) is 5.31. The Morgan fingerprint density at radius 2 is 1.74 bits per heavy atom. The Labute approximate surface area is 157 Å². The van der Waals surface area contributed by atoms with Crippen molar-refractivity contribution in [2.45, 2.75) is 20.0 Å². The molecule has 0 radical (unpaired) electrons. The zero-order valence-electron chi connectivity index (χ0n) is 15.3. The van der Waals surface area contributed by atoms with Crippen LogP contribution in [0, 0.1) is 0 Å². The molecule has 0 saturated carbocycles. The van der Waals surface area contributed by atoms with E-state index in [0.717, 1.165) is 0 Å². The van der Waals surface area contributed by atoms with Crippen LogP contribution in [0.1, 0.15) is 24.2 Å². The van der Waals surface area contributed by atoms with Crippen LogP contribution in [0.25, 0.3) is 0 Å². The van der Waals surface area contributed by atoms with Gasteiger partial charge in [-0.1, -0.05) is 0 Å². The number of anilines is 1. The summed E-state index contributed by atoms with van der Waals surface area (Å²) < 4.78 is 16.5. The molecule has 0 spiro atoms. The van der Waals surface area contributed by atoms with Crippen molar-refractivity contribution in [3.8, 4) is 17.2 Å². The van der Waals surface area contributed by atoms with Gasteiger partial charge in [-0.25, -0.2) is 0 Å². The summed E-state index contributed by atoms with van der Waals surface area (Å²) in [5.74, 6) is 1.27. The second-order valence-corrected chi connectivity index (χ2v) is 6.28. The fraction of sp³-hybridized carbons (Fsp3) is 0.300. The number of rotatable bonds is 6. The second kappa shape index (κ2) is 8.44. The first-order valence-corrected chi connectivity index (χ1v) is 8.75. The lowest BCUT2D eigenvalue weighted by Crippen LogP contribution is -2.32. The van der Waals surface area contributed by atoms with Crippen molar-refractivity contribution < 1.29 is 23.8 Å². The van der Waals surface area contributed by atoms with Crippen LogP contribution in [0.4, 0.5) is 5.69 Å². The molecule has 142 valence electrons. The van der Waals surface area contributed by atoms with Crippen molar-refractivity contribution >= 4 is 17.5 Å². The van der Waals surface area contributed by atoms with E-state index in [0.29, 0.717) is 41.7 Å². The highest BCUT2D eigenvalue weighted by Crippen LogP contribution is 2.32. The standard InChI is InChI=1S/C20H22N2O5/c1-13(2)27-16-6-3-14(4-7-16)20(24)21-12-19(23)22-15-5-8-17-18(11-15)26-10-9-25-17/h3-8,11,13H,9-10,12H2,1-2H3,(H,21,24)(H,22,23). The van der Waals surface area contributed by atoms with Gasteiger partial charge in [0.2, 0.25) is 5.91 Å². The molecule has 2 aromatic carbocycles. The Balaban J connectivity index is 1.50. The number of carbonyl (C=O) groups excluding carboxylic acids is 2. The summed E-state index contributed by atoms with van der Waals surface area (Å²) >= 11 is 0. The summed E-state index contributed by atoms with van der Waals surface area (Å²) in [6, 6.07) is 11.9. The topological polar surface area (TPSA) is 85.9 Å². The normalized spacial score (nSPS) is 12.4. The Morgan fingerprint density at radius 1 is 1.04 bits per heavy atom. The lowest BCUT2D eigenvalue weighted by atomic mass is 10.2. The van der Waals surface area contributed by atoms with Gasteiger partial charge in [-0.3, -0.25) is 9.59 Å². The molecule has 0 aromatic heterocycles. The first kappa shape index (κ1) is 18.6. The van der Waals surface area contributed by atoms with Gasteiger partial charge >= 0.3 is 0 Å². The number of nitrogens with one attached hydrogen (secondary N) is 2. The highest BCUT2D eigenvalue weighted by Gasteiger charge is 2.13. The second-order valence-electron chi connectivity index (χ2n) is 6.28. The van der Waals surface area contributed by atoms with E-state index in [2.05, 4.69) is 10.6 Å². The maximum absolute atomic E-state index is 12.2. The first-order valence-electron chi connectivity index (χ1n) is 8.75. The van der Waals surface area contributed by atoms with Gasteiger partial charge in [0.1, 0.15) is 19.0 Å². The highest BCUT2D eigenvalue weighted by atomic mass is 16.6. The van der Waals surface area contributed by atoms with Crippen LogP contribution >= 0.6 is 0 Å². The molecular weight excluding hydrogens is 348 g/mol. The fourth-order valence-electron chi connectivity index (χ4n) is 2.55. The predicted octanol–water partition coefficient (Wildman–Crippen LogP) is 2.61. The number of benzene rings is 2. The number of fused-ring (bicyclic) bond motifs is 1. The van der Waals surface area contributed by atoms with Crippen LogP contribution in [-0.2, 0) is 4.79 Å². The minimum Gasteiger partial charge on any atom is -0.491 e. The fourth-order valence-corrected chi connectivity index (χ4v) is 2.55. The monoisotopic (exact) mass is 370 g/mol. The average molecular weight is 370 g/mol. The molecule has 2 amide bonds. The van der Waals surface area contributed by atoms with Gasteiger partial charge in [-0.15, -0.1) is 0 Å². The molecule has 0 bridgehead atoms. The van der Waals surface area contributed by atoms with E-state index >= 15 is 0 Å². The lowest BCUT2D eigenvalue weighted by molar-refractivity contribution is -0.115. The van der Waals surface area contributed by atoms with E-state index in [1.807, 2.05) is 13.8 Å². The molecule has 0 fully saturated rings. The van der Waals surface area contributed by atoms with E-state index in [9.17, 15) is 9.59 Å². The van der Waals surface area contributed by atoms with Crippen molar-refractivity contribution in [3.05, 3.63) is 48.0 Å². The molecule has 3 rings (SSSR count). The van der Waals surface area contributed by atoms with E-state index in [1.165, 1.54) is 0 Å². The van der Waals surface area contributed by atoms with Gasteiger partial charge in [0.15, 0.2) is 11.5 Å². The maximum atomic E-state index is 12.2. The van der Waals surface area contributed by atoms with Gasteiger partial charge < -0.3 is 24.8 Å². The summed E-state index contributed by atoms with van der Waals surface area (Å²) in [6.07, 6.45) is 0.0638. The maximum Gasteiger partial charge on any atom is 0.251 e. The Bertz CT molecular complexity index is 818. The molecule has 7 heteroatoms. The van der Waals surface area contributed by atoms with Crippen molar-refractivity contribution in [2.75, 3.05) is 25.1 Å². The Morgan fingerprint density at radius 3 is 2.44 bits per heavy atom. The van der Waals surface area contributed by atoms with Gasteiger partial charge in [-0.05, 0) is 50.2 Å². The van der Waals surface area contributed by atoms with Gasteiger partial charge in [-0.2, -0.15) is 0 Å². The molecule has 2 N–H and O–H groups in total. The summed E-state index contributed by atoms with van der Waals surface area (Å²) in [4.78, 5) is 24.2. The van der Waals surface area contributed by atoms with Crippen molar-refractivity contribution in [2.24, 2.45) is 0 Å². The quantitative estimate of drug-likeness (QED) is 0.816. The molecular formula is C20H22N2O5. The van der Waals surface area contributed by atoms with E-state index < -0.39 is 0 Å². The third kappa shape index (κ3) is 5.13. The number of hydrogen-bond acceptors (Lipinski definition) is 5. The van der Waals surface area contributed by atoms with Crippen LogP contribution in [-0.4, -0.2) is 37.7 Å². The Kier molecular flexibility index (Phi) is 5.80. The molecule has 0 unspecified atom stereocenters. The van der Waals surface area contributed by atoms with Crippen molar-refractivity contribution in [3.63, 3.8) is 0 Å². The highest BCUT2D eigenvalue weighted by molar-refractivity contribution is 5.99. The third-order valence-corrected chi connectivity index (χ3v) is 3.72. The zero-order valence-corrected chi connectivity index (χ0v) is 15.3. The van der Waals surface area contributed by atoms with Crippen molar-refractivity contribution in [1.29, 1.82) is 0 Å². The summed E-state index contributed by atoms with van der Waals surface area (Å²) in [7, 11) is 0. The molecule has 7 nitrogen and oxygen atoms in total. The smallest absolute Gasteiger partial charge is 0.251 e. The molecule has 1 aliphatic rings. The number of hydrogen-bond donors (Lipinski definition) is 2. The number of amides is 2. The van der Waals surface area contributed by atoms with Crippen LogP contribution in [0.3, 0.4) is 0 Å². The van der Waals surface area contributed by atoms with Gasteiger partial charge in [0.25, 0.3) is 5.91 Å². The van der Waals surface area contributed by atoms with E-state index in [-0.39, 0.29) is 24.5 Å². The van der Waals surface area contributed by atoms with E-state index in [1.54, 1.807) is 42.5 Å². The van der Waals surface area contributed by atoms with Crippen LogP contribution in [0.15, 0.2) is 42.5 Å². The molecule has 1 heterocycles. The van der Waals surface area contributed by atoms with Gasteiger partial charge in [0.05, 0.1) is 12.6 Å². The minimum absolute atomic E-state index is 0.0638. The van der Waals surface area contributed by atoms with E-state index in [4.69, 9.17) is 14.2 Å². The minimum atomic E-state index is -0.334. The zero-order chi connectivity index (χ0) is 19.2. The third-order valence-electron chi connectivity index (χ3n) is 3.72. The first-order chi connectivity index (χ1) is 13.0. The molecule has 0 saturated heterocycles. The molecule has 27 heavy (non-hydrogen) atoms. The summed E-state index contributed by atoms with van der Waals surface area (Å²) in [6.45, 7) is 4.70. The Hall–Kier alpha value is -3.22. The SMILES string of the molecule is CC(C)Oc1ccc(C(=O)NCC(=O)Nc2ccc3c(c2)OCCO3)cc1. The largest absolute Gasteiger partial charge is 0.491 e. The lowest BCUT2D eigenvalue weighted by Gasteiger charge is -2.19. The van der Waals surface area contributed by atoms with Gasteiger partial charge in [0, 0.05) is 17.3 Å². The van der Waals surface area contributed by atoms with Crippen LogP contribution in [0.5, 0.6) is 17.2 Å². The number of carbonyl (C=O) groups is 2. The molecule has 0 atom stereocenters. The predicted molar refractivity (Wildman–Crippen MR) is 101 cm³/mol. The van der Waals surface area contributed by atoms with Crippen LogP contribution < -0.4 is 24.8 Å². The average Bonchev–Trinajstić information content (AvgIpc) is 2.66. The molecule has 2 aromatic rings. The van der Waals surface area contributed by atoms with Crippen LogP contribution in [0.2, 0.25) is 0 Å². The molecule has 0 aliphatic carbocycles.